The maximum absolute atomic E-state index is 8.99. The van der Waals surface area contributed by atoms with Crippen LogP contribution < -0.4 is 0 Å². The molecule has 0 aliphatic heterocycles. The molecule has 1 heterocycles. The number of hydrogen-bond donors (Lipinski definition) is 1. The van der Waals surface area contributed by atoms with Crippen molar-refractivity contribution < 1.29 is 5.11 Å². The molecule has 1 rings (SSSR count). The van der Waals surface area contributed by atoms with Crippen molar-refractivity contribution >= 4 is 11.6 Å². The highest BCUT2D eigenvalue weighted by Crippen LogP contribution is 2.28. The van der Waals surface area contributed by atoms with Crippen LogP contribution in [-0.4, -0.2) is 16.7 Å². The number of hydrogen-bond acceptors (Lipinski definition) is 2. The number of aromatic nitrogens is 1. The summed E-state index contributed by atoms with van der Waals surface area (Å²) in [5, 5.41) is 9.72. The molecule has 0 aliphatic rings. The topological polar surface area (TPSA) is 33.1 Å². The summed E-state index contributed by atoms with van der Waals surface area (Å²) in [6.07, 6.45) is 3.43. The van der Waals surface area contributed by atoms with Gasteiger partial charge in [-0.1, -0.05) is 25.4 Å². The van der Waals surface area contributed by atoms with E-state index in [1.54, 1.807) is 18.5 Å². The first-order valence-corrected chi connectivity index (χ1v) is 4.75. The van der Waals surface area contributed by atoms with Gasteiger partial charge in [-0.05, 0) is 23.5 Å². The number of rotatable bonds is 3. The third kappa shape index (κ3) is 2.42. The second kappa shape index (κ2) is 4.58. The molecule has 0 bridgehead atoms. The molecule has 0 radical (unpaired) electrons. The van der Waals surface area contributed by atoms with Gasteiger partial charge in [-0.15, -0.1) is 0 Å². The highest BCUT2D eigenvalue weighted by molar-refractivity contribution is 6.31. The molecule has 13 heavy (non-hydrogen) atoms. The molecule has 0 aromatic carbocycles. The molecule has 3 heteroatoms. The van der Waals surface area contributed by atoms with Crippen LogP contribution in [0.4, 0.5) is 0 Å². The Kier molecular flexibility index (Phi) is 3.70. The molecule has 1 N–H and O–H groups in total. The van der Waals surface area contributed by atoms with Crippen LogP contribution in [0.2, 0.25) is 5.02 Å². The normalized spacial score (nSPS) is 15.4. The van der Waals surface area contributed by atoms with Crippen LogP contribution in [0.3, 0.4) is 0 Å². The Morgan fingerprint density at radius 3 is 2.77 bits per heavy atom. The van der Waals surface area contributed by atoms with Gasteiger partial charge in [0.2, 0.25) is 0 Å². The lowest BCUT2D eigenvalue weighted by molar-refractivity contribution is 0.220. The second-order valence-corrected chi connectivity index (χ2v) is 3.75. The molecule has 2 atom stereocenters. The molecule has 2 unspecified atom stereocenters. The van der Waals surface area contributed by atoms with Gasteiger partial charge < -0.3 is 5.11 Å². The van der Waals surface area contributed by atoms with Crippen molar-refractivity contribution in [1.29, 1.82) is 0 Å². The summed E-state index contributed by atoms with van der Waals surface area (Å²) >= 11 is 6.00. The molecule has 2 nitrogen and oxygen atoms in total. The Morgan fingerprint density at radius 2 is 2.23 bits per heavy atom. The summed E-state index contributed by atoms with van der Waals surface area (Å²) < 4.78 is 0. The molecular formula is C10H14ClNO. The van der Waals surface area contributed by atoms with Crippen molar-refractivity contribution in [2.24, 2.45) is 5.92 Å². The molecule has 0 saturated carbocycles. The average Bonchev–Trinajstić information content (AvgIpc) is 2.16. The Hall–Kier alpha value is -0.600. The molecule has 1 aromatic heterocycles. The van der Waals surface area contributed by atoms with E-state index >= 15 is 0 Å². The quantitative estimate of drug-likeness (QED) is 0.812. The molecule has 0 spiro atoms. The summed E-state index contributed by atoms with van der Waals surface area (Å²) in [5.74, 6) is 0.452. The number of nitrogens with zero attached hydrogens (tertiary/aromatic N) is 1. The van der Waals surface area contributed by atoms with E-state index in [0.29, 0.717) is 0 Å². The monoisotopic (exact) mass is 199 g/mol. The predicted molar refractivity (Wildman–Crippen MR) is 53.9 cm³/mol. The van der Waals surface area contributed by atoms with Crippen molar-refractivity contribution in [3.05, 3.63) is 29.0 Å². The van der Waals surface area contributed by atoms with Crippen LogP contribution in [0.25, 0.3) is 0 Å². The maximum Gasteiger partial charge on any atom is 0.0471 e. The van der Waals surface area contributed by atoms with Crippen LogP contribution in [0.5, 0.6) is 0 Å². The molecular weight excluding hydrogens is 186 g/mol. The fourth-order valence-electron chi connectivity index (χ4n) is 1.19. The SMILES string of the molecule is CC(CO)C(C)c1cnccc1Cl. The van der Waals surface area contributed by atoms with Gasteiger partial charge in [0.25, 0.3) is 0 Å². The third-order valence-electron chi connectivity index (χ3n) is 2.43. The van der Waals surface area contributed by atoms with Crippen molar-refractivity contribution in [1.82, 2.24) is 4.98 Å². The van der Waals surface area contributed by atoms with E-state index in [2.05, 4.69) is 4.98 Å². The summed E-state index contributed by atoms with van der Waals surface area (Å²) in [5.41, 5.74) is 1.01. The Bertz CT molecular complexity index is 277. The molecule has 0 fully saturated rings. The van der Waals surface area contributed by atoms with Crippen LogP contribution in [0, 0.1) is 5.92 Å². The number of pyridine rings is 1. The molecule has 0 aliphatic carbocycles. The lowest BCUT2D eigenvalue weighted by Gasteiger charge is -2.18. The number of halogens is 1. The van der Waals surface area contributed by atoms with E-state index in [9.17, 15) is 0 Å². The van der Waals surface area contributed by atoms with E-state index in [-0.39, 0.29) is 18.4 Å². The lowest BCUT2D eigenvalue weighted by atomic mass is 9.90. The van der Waals surface area contributed by atoms with Crippen LogP contribution in [-0.2, 0) is 0 Å². The van der Waals surface area contributed by atoms with Crippen molar-refractivity contribution in [2.75, 3.05) is 6.61 Å². The fourth-order valence-corrected chi connectivity index (χ4v) is 1.47. The predicted octanol–water partition coefficient (Wildman–Crippen LogP) is 2.47. The highest BCUT2D eigenvalue weighted by Gasteiger charge is 2.15. The smallest absolute Gasteiger partial charge is 0.0471 e. The lowest BCUT2D eigenvalue weighted by Crippen LogP contribution is -2.11. The van der Waals surface area contributed by atoms with E-state index in [1.165, 1.54) is 0 Å². The molecule has 0 amide bonds. The fraction of sp³-hybridized carbons (Fsp3) is 0.500. The zero-order valence-electron chi connectivity index (χ0n) is 7.87. The molecule has 1 aromatic rings. The first kappa shape index (κ1) is 10.5. The van der Waals surface area contributed by atoms with Crippen molar-refractivity contribution in [3.8, 4) is 0 Å². The average molecular weight is 200 g/mol. The molecule has 72 valence electrons. The van der Waals surface area contributed by atoms with Crippen molar-refractivity contribution in [2.45, 2.75) is 19.8 Å². The van der Waals surface area contributed by atoms with E-state index < -0.39 is 0 Å². The molecule has 0 saturated heterocycles. The Labute approximate surface area is 83.6 Å². The van der Waals surface area contributed by atoms with Gasteiger partial charge in [0.1, 0.15) is 0 Å². The highest BCUT2D eigenvalue weighted by atomic mass is 35.5. The minimum atomic E-state index is 0.173. The van der Waals surface area contributed by atoms with E-state index in [1.807, 2.05) is 13.8 Å². The largest absolute Gasteiger partial charge is 0.396 e. The van der Waals surface area contributed by atoms with Crippen LogP contribution in [0.1, 0.15) is 25.3 Å². The van der Waals surface area contributed by atoms with Gasteiger partial charge in [0, 0.05) is 24.0 Å². The van der Waals surface area contributed by atoms with Gasteiger partial charge in [0.15, 0.2) is 0 Å². The van der Waals surface area contributed by atoms with E-state index in [4.69, 9.17) is 16.7 Å². The van der Waals surface area contributed by atoms with Crippen LogP contribution >= 0.6 is 11.6 Å². The first-order chi connectivity index (χ1) is 6.16. The standard InChI is InChI=1S/C10H14ClNO/c1-7(6-13)8(2)9-5-12-4-3-10(9)11/h3-5,7-8,13H,6H2,1-2H3. The summed E-state index contributed by atoms with van der Waals surface area (Å²) in [7, 11) is 0. The van der Waals surface area contributed by atoms with Crippen molar-refractivity contribution in [3.63, 3.8) is 0 Å². The first-order valence-electron chi connectivity index (χ1n) is 4.37. The van der Waals surface area contributed by atoms with E-state index in [0.717, 1.165) is 10.6 Å². The summed E-state index contributed by atoms with van der Waals surface area (Å²) in [6, 6.07) is 1.78. The zero-order chi connectivity index (χ0) is 9.84. The minimum Gasteiger partial charge on any atom is -0.396 e. The Balaban J connectivity index is 2.88. The second-order valence-electron chi connectivity index (χ2n) is 3.35. The third-order valence-corrected chi connectivity index (χ3v) is 2.77. The van der Waals surface area contributed by atoms with Gasteiger partial charge in [-0.2, -0.15) is 0 Å². The van der Waals surface area contributed by atoms with Gasteiger partial charge >= 0.3 is 0 Å². The van der Waals surface area contributed by atoms with Gasteiger partial charge in [0.05, 0.1) is 0 Å². The number of aliphatic hydroxyl groups is 1. The van der Waals surface area contributed by atoms with Gasteiger partial charge in [-0.3, -0.25) is 4.98 Å². The Morgan fingerprint density at radius 1 is 1.54 bits per heavy atom. The van der Waals surface area contributed by atoms with Gasteiger partial charge in [-0.25, -0.2) is 0 Å². The maximum atomic E-state index is 8.99. The summed E-state index contributed by atoms with van der Waals surface area (Å²) in [6.45, 7) is 4.21. The van der Waals surface area contributed by atoms with Crippen LogP contribution in [0.15, 0.2) is 18.5 Å². The number of aliphatic hydroxyl groups excluding tert-OH is 1. The summed E-state index contributed by atoms with van der Waals surface area (Å²) in [4.78, 5) is 4.02. The zero-order valence-corrected chi connectivity index (χ0v) is 8.62. The minimum absolute atomic E-state index is 0.173.